The number of carbonyl (C=O) groups is 1. The van der Waals surface area contributed by atoms with E-state index in [1.54, 1.807) is 0 Å². The highest BCUT2D eigenvalue weighted by Gasteiger charge is 2.51. The number of primary amides is 1. The molecular formula is C21H30N2O2. The molecule has 1 unspecified atom stereocenters. The zero-order valence-corrected chi connectivity index (χ0v) is 15.2. The van der Waals surface area contributed by atoms with Crippen molar-refractivity contribution in [2.75, 3.05) is 13.1 Å². The largest absolute Gasteiger partial charge is 0.508 e. The first-order chi connectivity index (χ1) is 12.0. The van der Waals surface area contributed by atoms with Crippen molar-refractivity contribution < 1.29 is 9.90 Å². The van der Waals surface area contributed by atoms with Gasteiger partial charge in [-0.2, -0.15) is 0 Å². The second-order valence-corrected chi connectivity index (χ2v) is 8.57. The van der Waals surface area contributed by atoms with Gasteiger partial charge in [-0.3, -0.25) is 9.69 Å². The number of hydrogen-bond donors (Lipinski definition) is 2. The van der Waals surface area contributed by atoms with Crippen LogP contribution in [0.15, 0.2) is 18.2 Å². The summed E-state index contributed by atoms with van der Waals surface area (Å²) in [5.41, 5.74) is 8.17. The van der Waals surface area contributed by atoms with Crippen molar-refractivity contribution in [3.8, 4) is 5.75 Å². The maximum atomic E-state index is 11.2. The summed E-state index contributed by atoms with van der Waals surface area (Å²) in [5.74, 6) is 1.61. The first kappa shape index (κ1) is 16.9. The van der Waals surface area contributed by atoms with E-state index in [1.165, 1.54) is 30.5 Å². The van der Waals surface area contributed by atoms with Gasteiger partial charge in [0.25, 0.3) is 0 Å². The summed E-state index contributed by atoms with van der Waals surface area (Å²) in [4.78, 5) is 14.0. The van der Waals surface area contributed by atoms with Crippen LogP contribution in [0.3, 0.4) is 0 Å². The number of fused-ring (bicyclic) bond motifs is 4. The summed E-state index contributed by atoms with van der Waals surface area (Å²) in [6.45, 7) is 4.78. The number of carbonyl (C=O) groups excluding carboxylic acids is 1. The molecule has 1 aromatic rings. The first-order valence-corrected chi connectivity index (χ1v) is 9.84. The number of hydrogen-bond acceptors (Lipinski definition) is 3. The number of phenols is 1. The molecular weight excluding hydrogens is 312 g/mol. The third kappa shape index (κ3) is 3.05. The molecule has 4 heteroatoms. The lowest BCUT2D eigenvalue weighted by molar-refractivity contribution is -0.118. The van der Waals surface area contributed by atoms with E-state index in [2.05, 4.69) is 17.9 Å². The van der Waals surface area contributed by atoms with Crippen LogP contribution in [0.2, 0.25) is 0 Å². The van der Waals surface area contributed by atoms with Crippen LogP contribution >= 0.6 is 0 Å². The molecule has 1 saturated heterocycles. The number of nitrogens with two attached hydrogens (primary N) is 1. The quantitative estimate of drug-likeness (QED) is 0.835. The summed E-state index contributed by atoms with van der Waals surface area (Å²) < 4.78 is 0. The number of likely N-dealkylation sites (tertiary alicyclic amines) is 1. The summed E-state index contributed by atoms with van der Waals surface area (Å²) >= 11 is 0. The van der Waals surface area contributed by atoms with Crippen molar-refractivity contribution in [3.05, 3.63) is 29.3 Å². The molecule has 25 heavy (non-hydrogen) atoms. The summed E-state index contributed by atoms with van der Waals surface area (Å²) in [7, 11) is 0. The van der Waals surface area contributed by atoms with E-state index in [0.717, 1.165) is 38.1 Å². The van der Waals surface area contributed by atoms with Crippen molar-refractivity contribution in [1.82, 2.24) is 4.90 Å². The lowest BCUT2D eigenvalue weighted by atomic mass is 9.56. The molecule has 2 bridgehead atoms. The Morgan fingerprint density at radius 2 is 2.20 bits per heavy atom. The Bertz CT molecular complexity index is 670. The van der Waals surface area contributed by atoms with Crippen LogP contribution in [0, 0.1) is 11.8 Å². The number of aromatic hydroxyl groups is 1. The molecule has 0 aromatic heterocycles. The summed E-state index contributed by atoms with van der Waals surface area (Å²) in [5, 5.41) is 10.1. The van der Waals surface area contributed by atoms with E-state index in [1.807, 2.05) is 12.1 Å². The van der Waals surface area contributed by atoms with Crippen LogP contribution in [0.1, 0.15) is 56.6 Å². The number of rotatable bonds is 6. The van der Waals surface area contributed by atoms with E-state index in [0.29, 0.717) is 24.1 Å². The Labute approximate surface area is 150 Å². The minimum absolute atomic E-state index is 0.0759. The fourth-order valence-electron chi connectivity index (χ4n) is 5.46. The minimum atomic E-state index is -0.210. The van der Waals surface area contributed by atoms with Crippen LogP contribution in [0.4, 0.5) is 0 Å². The summed E-state index contributed by atoms with van der Waals surface area (Å²) in [6, 6.07) is 6.52. The summed E-state index contributed by atoms with van der Waals surface area (Å²) in [6.07, 6.45) is 7.27. The van der Waals surface area contributed by atoms with Crippen LogP contribution in [0.5, 0.6) is 5.75 Å². The Morgan fingerprint density at radius 1 is 1.40 bits per heavy atom. The molecule has 1 heterocycles. The van der Waals surface area contributed by atoms with Crippen molar-refractivity contribution in [1.29, 1.82) is 0 Å². The predicted molar refractivity (Wildman–Crippen MR) is 98.4 cm³/mol. The van der Waals surface area contributed by atoms with E-state index in [4.69, 9.17) is 5.73 Å². The van der Waals surface area contributed by atoms with Gasteiger partial charge in [-0.15, -0.1) is 0 Å². The van der Waals surface area contributed by atoms with Crippen molar-refractivity contribution in [3.63, 3.8) is 0 Å². The Balaban J connectivity index is 1.66. The normalized spacial score (nSPS) is 31.6. The van der Waals surface area contributed by atoms with E-state index in [9.17, 15) is 9.90 Å². The fourth-order valence-corrected chi connectivity index (χ4v) is 5.46. The number of amides is 1. The lowest BCUT2D eigenvalue weighted by Gasteiger charge is -2.56. The average molecular weight is 342 g/mol. The minimum Gasteiger partial charge on any atom is -0.508 e. The maximum Gasteiger partial charge on any atom is 0.217 e. The zero-order chi connectivity index (χ0) is 17.6. The fraction of sp³-hybridized carbons (Fsp3) is 0.667. The number of piperidine rings is 1. The predicted octanol–water partition coefficient (Wildman–Crippen LogP) is 2.96. The monoisotopic (exact) mass is 342 g/mol. The standard InChI is InChI=1S/C21H30N2O2/c1-14-19-11-16-6-7-17(24)12-18(16)21(14,8-2-3-20(22)25)9-10-23(19)13-15-4-5-15/h6-7,12,14-15,19,24H,2-5,8-11,13H2,1H3,(H2,22,25)/t14-,19?,21-/m0/s1. The van der Waals surface area contributed by atoms with Crippen LogP contribution in [-0.4, -0.2) is 35.0 Å². The third-order valence-corrected chi connectivity index (χ3v) is 7.06. The lowest BCUT2D eigenvalue weighted by Crippen LogP contribution is -2.59. The van der Waals surface area contributed by atoms with Gasteiger partial charge in [0.15, 0.2) is 0 Å². The smallest absolute Gasteiger partial charge is 0.217 e. The van der Waals surface area contributed by atoms with Gasteiger partial charge in [0, 0.05) is 24.4 Å². The van der Waals surface area contributed by atoms with Crippen LogP contribution < -0.4 is 5.73 Å². The second kappa shape index (κ2) is 6.31. The highest BCUT2D eigenvalue weighted by Crippen LogP contribution is 2.52. The Hall–Kier alpha value is -1.55. The molecule has 1 aliphatic heterocycles. The van der Waals surface area contributed by atoms with Gasteiger partial charge in [0.1, 0.15) is 5.75 Å². The zero-order valence-electron chi connectivity index (χ0n) is 15.2. The molecule has 3 aliphatic rings. The van der Waals surface area contributed by atoms with Gasteiger partial charge in [0.2, 0.25) is 5.91 Å². The number of phenolic OH excluding ortho intramolecular Hbond substituents is 1. The van der Waals surface area contributed by atoms with Crippen LogP contribution in [-0.2, 0) is 16.6 Å². The molecule has 0 spiro atoms. The van der Waals surface area contributed by atoms with Crippen molar-refractivity contribution in [2.45, 2.75) is 63.3 Å². The third-order valence-electron chi connectivity index (χ3n) is 7.06. The molecule has 1 aromatic carbocycles. The molecule has 1 amide bonds. The Morgan fingerprint density at radius 3 is 2.92 bits per heavy atom. The molecule has 2 aliphatic carbocycles. The number of benzene rings is 1. The van der Waals surface area contributed by atoms with Gasteiger partial charge < -0.3 is 10.8 Å². The molecule has 3 N–H and O–H groups in total. The maximum absolute atomic E-state index is 11.2. The van der Waals surface area contributed by atoms with Crippen molar-refractivity contribution in [2.24, 2.45) is 17.6 Å². The molecule has 2 fully saturated rings. The molecule has 4 nitrogen and oxygen atoms in total. The second-order valence-electron chi connectivity index (χ2n) is 8.57. The van der Waals surface area contributed by atoms with Gasteiger partial charge in [-0.1, -0.05) is 13.0 Å². The Kier molecular flexibility index (Phi) is 4.27. The van der Waals surface area contributed by atoms with Gasteiger partial charge in [-0.05, 0) is 80.2 Å². The average Bonchev–Trinajstić information content (AvgIpc) is 3.37. The van der Waals surface area contributed by atoms with Gasteiger partial charge in [-0.25, -0.2) is 0 Å². The van der Waals surface area contributed by atoms with E-state index in [-0.39, 0.29) is 11.3 Å². The highest BCUT2D eigenvalue weighted by molar-refractivity contribution is 5.73. The van der Waals surface area contributed by atoms with E-state index >= 15 is 0 Å². The molecule has 1 saturated carbocycles. The van der Waals surface area contributed by atoms with Crippen molar-refractivity contribution >= 4 is 5.91 Å². The van der Waals surface area contributed by atoms with Gasteiger partial charge >= 0.3 is 0 Å². The SMILES string of the molecule is C[C@H]1C2Cc3ccc(O)cc3[C@@]1(CCCC(N)=O)CCN2CC1CC1. The molecule has 136 valence electrons. The van der Waals surface area contributed by atoms with E-state index < -0.39 is 0 Å². The molecule has 3 atom stereocenters. The molecule has 4 rings (SSSR count). The number of nitrogens with zero attached hydrogens (tertiary/aromatic N) is 1. The van der Waals surface area contributed by atoms with Crippen LogP contribution in [0.25, 0.3) is 0 Å². The highest BCUT2D eigenvalue weighted by atomic mass is 16.3. The molecule has 0 radical (unpaired) electrons. The van der Waals surface area contributed by atoms with Gasteiger partial charge in [0.05, 0.1) is 0 Å². The first-order valence-electron chi connectivity index (χ1n) is 9.84. The topological polar surface area (TPSA) is 66.6 Å².